The van der Waals surface area contributed by atoms with Crippen molar-refractivity contribution < 1.29 is 9.90 Å². The molecule has 0 bridgehead atoms. The number of thioether (sulfide) groups is 1. The van der Waals surface area contributed by atoms with Gasteiger partial charge in [-0.15, -0.1) is 0 Å². The van der Waals surface area contributed by atoms with Gasteiger partial charge in [0.1, 0.15) is 0 Å². The Morgan fingerprint density at radius 1 is 1.67 bits per heavy atom. The number of nitrogens with zero attached hydrogens (tertiary/aromatic N) is 1. The van der Waals surface area contributed by atoms with Crippen LogP contribution in [0.15, 0.2) is 0 Å². The molecule has 1 rings (SSSR count). The minimum absolute atomic E-state index is 0.185. The van der Waals surface area contributed by atoms with Crippen molar-refractivity contribution in [1.82, 2.24) is 4.90 Å². The Morgan fingerprint density at radius 2 is 2.33 bits per heavy atom. The first kappa shape index (κ1) is 9.86. The molecule has 0 aromatic heterocycles. The fourth-order valence-corrected chi connectivity index (χ4v) is 2.62. The van der Waals surface area contributed by atoms with E-state index in [4.69, 9.17) is 5.11 Å². The van der Waals surface area contributed by atoms with E-state index in [-0.39, 0.29) is 11.3 Å². The maximum Gasteiger partial charge on any atom is 0.317 e. The van der Waals surface area contributed by atoms with Crippen molar-refractivity contribution >= 4 is 17.7 Å². The summed E-state index contributed by atoms with van der Waals surface area (Å²) in [6, 6.07) is 0. The summed E-state index contributed by atoms with van der Waals surface area (Å²) >= 11 is 1.92. The lowest BCUT2D eigenvalue weighted by molar-refractivity contribution is -0.138. The molecule has 70 valence electrons. The Labute approximate surface area is 77.1 Å². The molecule has 0 spiro atoms. The zero-order valence-corrected chi connectivity index (χ0v) is 8.36. The number of carboxylic acids is 1. The number of carboxylic acid groups (broad SMARTS) is 1. The van der Waals surface area contributed by atoms with Gasteiger partial charge >= 0.3 is 5.97 Å². The highest BCUT2D eigenvalue weighted by atomic mass is 32.2. The topological polar surface area (TPSA) is 40.5 Å². The molecule has 1 aliphatic heterocycles. The lowest BCUT2D eigenvalue weighted by Gasteiger charge is -2.36. The van der Waals surface area contributed by atoms with Crippen LogP contribution in [0.2, 0.25) is 0 Å². The van der Waals surface area contributed by atoms with Crippen LogP contribution in [0.3, 0.4) is 0 Å². The number of hydrogen-bond acceptors (Lipinski definition) is 3. The average molecular weight is 189 g/mol. The number of rotatable bonds is 2. The standard InChI is InChI=1S/C8H15NO2S/c1-8(2)6-9(3-4-12-8)5-7(10)11/h3-6H2,1-2H3,(H,10,11). The predicted octanol–water partition coefficient (Wildman–Crippen LogP) is 0.898. The van der Waals surface area contributed by atoms with Crippen molar-refractivity contribution in [2.75, 3.05) is 25.4 Å². The average Bonchev–Trinajstić information content (AvgIpc) is 1.82. The van der Waals surface area contributed by atoms with Crippen molar-refractivity contribution in [2.45, 2.75) is 18.6 Å². The van der Waals surface area contributed by atoms with Crippen LogP contribution < -0.4 is 0 Å². The van der Waals surface area contributed by atoms with Crippen molar-refractivity contribution in [3.05, 3.63) is 0 Å². The maximum atomic E-state index is 10.4. The van der Waals surface area contributed by atoms with Crippen molar-refractivity contribution in [3.63, 3.8) is 0 Å². The molecule has 12 heavy (non-hydrogen) atoms. The van der Waals surface area contributed by atoms with Crippen LogP contribution in [0.5, 0.6) is 0 Å². The maximum absolute atomic E-state index is 10.4. The van der Waals surface area contributed by atoms with Gasteiger partial charge in [0.05, 0.1) is 6.54 Å². The van der Waals surface area contributed by atoms with E-state index >= 15 is 0 Å². The Morgan fingerprint density at radius 3 is 2.83 bits per heavy atom. The van der Waals surface area contributed by atoms with Gasteiger partial charge in [0.2, 0.25) is 0 Å². The molecule has 0 unspecified atom stereocenters. The van der Waals surface area contributed by atoms with Crippen molar-refractivity contribution in [2.24, 2.45) is 0 Å². The Balaban J connectivity index is 2.41. The quantitative estimate of drug-likeness (QED) is 0.700. The van der Waals surface area contributed by atoms with E-state index in [1.165, 1.54) is 0 Å². The van der Waals surface area contributed by atoms with Crippen LogP contribution in [0.4, 0.5) is 0 Å². The monoisotopic (exact) mass is 189 g/mol. The van der Waals surface area contributed by atoms with Crippen LogP contribution in [0, 0.1) is 0 Å². The molecule has 0 aromatic carbocycles. The smallest absolute Gasteiger partial charge is 0.317 e. The summed E-state index contributed by atoms with van der Waals surface area (Å²) in [6.45, 7) is 6.28. The normalized spacial score (nSPS) is 23.8. The van der Waals surface area contributed by atoms with E-state index < -0.39 is 5.97 Å². The van der Waals surface area contributed by atoms with E-state index in [0.717, 1.165) is 18.8 Å². The minimum atomic E-state index is -0.724. The summed E-state index contributed by atoms with van der Waals surface area (Å²) in [5.41, 5.74) is 0. The van der Waals surface area contributed by atoms with Gasteiger partial charge in [-0.05, 0) is 13.8 Å². The van der Waals surface area contributed by atoms with Crippen LogP contribution in [0.25, 0.3) is 0 Å². The Kier molecular flexibility index (Phi) is 3.01. The summed E-state index contributed by atoms with van der Waals surface area (Å²) in [7, 11) is 0. The molecule has 1 N–H and O–H groups in total. The van der Waals surface area contributed by atoms with E-state index in [0.29, 0.717) is 0 Å². The van der Waals surface area contributed by atoms with E-state index in [2.05, 4.69) is 13.8 Å². The second-order valence-corrected chi connectivity index (χ2v) is 5.51. The molecule has 0 aliphatic carbocycles. The minimum Gasteiger partial charge on any atom is -0.480 e. The molecule has 1 aliphatic rings. The summed E-state index contributed by atoms with van der Waals surface area (Å²) in [5.74, 6) is 0.318. The van der Waals surface area contributed by atoms with Gasteiger partial charge in [-0.3, -0.25) is 9.69 Å². The molecule has 0 amide bonds. The lowest BCUT2D eigenvalue weighted by atomic mass is 10.2. The highest BCUT2D eigenvalue weighted by molar-refractivity contribution is 8.00. The predicted molar refractivity (Wildman–Crippen MR) is 50.6 cm³/mol. The molecule has 0 atom stereocenters. The fourth-order valence-electron chi connectivity index (χ4n) is 1.44. The van der Waals surface area contributed by atoms with Gasteiger partial charge in [-0.2, -0.15) is 11.8 Å². The number of carbonyl (C=O) groups is 1. The van der Waals surface area contributed by atoms with Crippen molar-refractivity contribution in [1.29, 1.82) is 0 Å². The van der Waals surface area contributed by atoms with Gasteiger partial charge < -0.3 is 5.11 Å². The molecule has 3 nitrogen and oxygen atoms in total. The number of hydrogen-bond donors (Lipinski definition) is 1. The zero-order valence-electron chi connectivity index (χ0n) is 7.54. The van der Waals surface area contributed by atoms with Crippen LogP contribution in [0.1, 0.15) is 13.8 Å². The number of aliphatic carboxylic acids is 1. The molecular weight excluding hydrogens is 174 g/mol. The molecule has 1 saturated heterocycles. The van der Waals surface area contributed by atoms with E-state index in [9.17, 15) is 4.79 Å². The SMILES string of the molecule is CC1(C)CN(CC(=O)O)CCS1. The lowest BCUT2D eigenvalue weighted by Crippen LogP contribution is -2.45. The van der Waals surface area contributed by atoms with Crippen LogP contribution >= 0.6 is 11.8 Å². The first-order chi connectivity index (χ1) is 5.49. The Hall–Kier alpha value is -0.220. The molecule has 1 heterocycles. The highest BCUT2D eigenvalue weighted by Crippen LogP contribution is 2.28. The van der Waals surface area contributed by atoms with Crippen molar-refractivity contribution in [3.8, 4) is 0 Å². The second kappa shape index (κ2) is 3.66. The van der Waals surface area contributed by atoms with Crippen LogP contribution in [-0.2, 0) is 4.79 Å². The Bertz CT molecular complexity index is 182. The molecule has 0 radical (unpaired) electrons. The van der Waals surface area contributed by atoms with Gasteiger partial charge in [-0.25, -0.2) is 0 Å². The van der Waals surface area contributed by atoms with Crippen LogP contribution in [-0.4, -0.2) is 46.1 Å². The third-order valence-corrected chi connectivity index (χ3v) is 3.16. The summed E-state index contributed by atoms with van der Waals surface area (Å²) in [6.07, 6.45) is 0. The molecule has 0 saturated carbocycles. The van der Waals surface area contributed by atoms with E-state index in [1.807, 2.05) is 16.7 Å². The zero-order chi connectivity index (χ0) is 9.19. The first-order valence-corrected chi connectivity index (χ1v) is 5.06. The first-order valence-electron chi connectivity index (χ1n) is 4.08. The largest absolute Gasteiger partial charge is 0.480 e. The van der Waals surface area contributed by atoms with Gasteiger partial charge in [-0.1, -0.05) is 0 Å². The molecule has 1 fully saturated rings. The molecular formula is C8H15NO2S. The third kappa shape index (κ3) is 3.03. The van der Waals surface area contributed by atoms with E-state index in [1.54, 1.807) is 0 Å². The summed E-state index contributed by atoms with van der Waals surface area (Å²) in [4.78, 5) is 12.4. The van der Waals surface area contributed by atoms with Gasteiger partial charge in [0.25, 0.3) is 0 Å². The van der Waals surface area contributed by atoms with Gasteiger partial charge in [0, 0.05) is 23.6 Å². The fraction of sp³-hybridized carbons (Fsp3) is 0.875. The second-order valence-electron chi connectivity index (χ2n) is 3.71. The molecule has 4 heteroatoms. The third-order valence-electron chi connectivity index (χ3n) is 1.86. The molecule has 0 aromatic rings. The summed E-state index contributed by atoms with van der Waals surface area (Å²) < 4.78 is 0.216. The highest BCUT2D eigenvalue weighted by Gasteiger charge is 2.27. The van der Waals surface area contributed by atoms with Gasteiger partial charge in [0.15, 0.2) is 0 Å². The summed E-state index contributed by atoms with van der Waals surface area (Å²) in [5, 5.41) is 8.59.